The Labute approximate surface area is 105 Å². The van der Waals surface area contributed by atoms with E-state index < -0.39 is 5.56 Å². The summed E-state index contributed by atoms with van der Waals surface area (Å²) >= 11 is 0. The molecule has 1 atom stereocenters. The first-order valence-corrected chi connectivity index (χ1v) is 5.98. The molecule has 6 heteroatoms. The van der Waals surface area contributed by atoms with E-state index in [9.17, 15) is 14.7 Å². The van der Waals surface area contributed by atoms with Crippen LogP contribution in [0.25, 0.3) is 0 Å². The zero-order chi connectivity index (χ0) is 13.1. The third-order valence-corrected chi connectivity index (χ3v) is 3.08. The van der Waals surface area contributed by atoms with Crippen molar-refractivity contribution in [2.45, 2.75) is 18.9 Å². The van der Waals surface area contributed by atoms with E-state index in [-0.39, 0.29) is 17.4 Å². The summed E-state index contributed by atoms with van der Waals surface area (Å²) in [5, 5.41) is 12.6. The van der Waals surface area contributed by atoms with E-state index in [4.69, 9.17) is 0 Å². The van der Waals surface area contributed by atoms with E-state index in [0.717, 1.165) is 19.4 Å². The molecular weight excluding hydrogens is 234 g/mol. The van der Waals surface area contributed by atoms with E-state index in [1.165, 1.54) is 12.1 Å². The SMILES string of the molecule is CN(CC1CCCN1)C(=O)c1cc(O)[nH]c(=O)c1. The fourth-order valence-electron chi connectivity index (χ4n) is 2.20. The van der Waals surface area contributed by atoms with Crippen molar-refractivity contribution in [3.8, 4) is 5.88 Å². The average molecular weight is 251 g/mol. The summed E-state index contributed by atoms with van der Waals surface area (Å²) < 4.78 is 0. The van der Waals surface area contributed by atoms with Crippen molar-refractivity contribution in [2.75, 3.05) is 20.1 Å². The van der Waals surface area contributed by atoms with E-state index in [1.54, 1.807) is 11.9 Å². The lowest BCUT2D eigenvalue weighted by molar-refractivity contribution is 0.0783. The number of nitrogens with one attached hydrogen (secondary N) is 2. The van der Waals surface area contributed by atoms with E-state index in [0.29, 0.717) is 12.6 Å². The first-order chi connectivity index (χ1) is 8.56. The molecule has 2 heterocycles. The average Bonchev–Trinajstić information content (AvgIpc) is 2.79. The molecule has 0 aliphatic carbocycles. The molecule has 0 aromatic carbocycles. The molecule has 6 nitrogen and oxygen atoms in total. The van der Waals surface area contributed by atoms with Crippen molar-refractivity contribution >= 4 is 5.91 Å². The molecule has 18 heavy (non-hydrogen) atoms. The molecule has 2 rings (SSSR count). The van der Waals surface area contributed by atoms with Crippen LogP contribution < -0.4 is 10.9 Å². The van der Waals surface area contributed by atoms with Crippen LogP contribution >= 0.6 is 0 Å². The highest BCUT2D eigenvalue weighted by Crippen LogP contribution is 2.10. The molecule has 0 radical (unpaired) electrons. The molecule has 3 N–H and O–H groups in total. The quantitative estimate of drug-likeness (QED) is 0.700. The lowest BCUT2D eigenvalue weighted by atomic mass is 10.2. The number of likely N-dealkylation sites (N-methyl/N-ethyl adjacent to an activating group) is 1. The molecule has 1 fully saturated rings. The van der Waals surface area contributed by atoms with Gasteiger partial charge in [-0.2, -0.15) is 0 Å². The Kier molecular flexibility index (Phi) is 3.66. The Bertz CT molecular complexity index is 492. The molecule has 0 spiro atoms. The minimum Gasteiger partial charge on any atom is -0.494 e. The maximum atomic E-state index is 12.1. The lowest BCUT2D eigenvalue weighted by Gasteiger charge is -2.21. The van der Waals surface area contributed by atoms with E-state index in [2.05, 4.69) is 10.3 Å². The van der Waals surface area contributed by atoms with Crippen molar-refractivity contribution in [2.24, 2.45) is 0 Å². The zero-order valence-corrected chi connectivity index (χ0v) is 10.3. The second kappa shape index (κ2) is 5.22. The summed E-state index contributed by atoms with van der Waals surface area (Å²) in [7, 11) is 1.70. The normalized spacial score (nSPS) is 18.8. The van der Waals surface area contributed by atoms with Crippen molar-refractivity contribution in [1.29, 1.82) is 0 Å². The van der Waals surface area contributed by atoms with Gasteiger partial charge >= 0.3 is 0 Å². The number of pyridine rings is 1. The van der Waals surface area contributed by atoms with Gasteiger partial charge in [0.2, 0.25) is 0 Å². The molecule has 1 aliphatic heterocycles. The molecular formula is C12H17N3O3. The van der Waals surface area contributed by atoms with Crippen molar-refractivity contribution in [1.82, 2.24) is 15.2 Å². The summed E-state index contributed by atoms with van der Waals surface area (Å²) in [4.78, 5) is 27.0. The van der Waals surface area contributed by atoms with Gasteiger partial charge in [-0.15, -0.1) is 0 Å². The van der Waals surface area contributed by atoms with Gasteiger partial charge in [-0.3, -0.25) is 14.6 Å². The summed E-state index contributed by atoms with van der Waals surface area (Å²) in [5.41, 5.74) is -0.275. The number of hydrogen-bond donors (Lipinski definition) is 3. The number of rotatable bonds is 3. The van der Waals surface area contributed by atoms with Crippen LogP contribution in [0.4, 0.5) is 0 Å². The summed E-state index contributed by atoms with van der Waals surface area (Å²) in [5.74, 6) is -0.552. The molecule has 1 saturated heterocycles. The molecule has 0 saturated carbocycles. The highest BCUT2D eigenvalue weighted by Gasteiger charge is 2.20. The minimum absolute atomic E-state index is 0.205. The van der Waals surface area contributed by atoms with Crippen LogP contribution in [0.2, 0.25) is 0 Å². The zero-order valence-electron chi connectivity index (χ0n) is 10.3. The third-order valence-electron chi connectivity index (χ3n) is 3.08. The number of carbonyl (C=O) groups excluding carboxylic acids is 1. The Balaban J connectivity index is 2.07. The maximum Gasteiger partial charge on any atom is 0.254 e. The van der Waals surface area contributed by atoms with Gasteiger partial charge in [-0.1, -0.05) is 0 Å². The monoisotopic (exact) mass is 251 g/mol. The number of amides is 1. The van der Waals surface area contributed by atoms with Gasteiger partial charge in [0.15, 0.2) is 5.88 Å². The topological polar surface area (TPSA) is 85.4 Å². The number of H-pyrrole nitrogens is 1. The predicted molar refractivity (Wildman–Crippen MR) is 66.7 cm³/mol. The Morgan fingerprint density at radius 2 is 2.33 bits per heavy atom. The highest BCUT2D eigenvalue weighted by molar-refractivity contribution is 5.94. The van der Waals surface area contributed by atoms with Gasteiger partial charge < -0.3 is 15.3 Å². The molecule has 98 valence electrons. The number of aromatic nitrogens is 1. The summed E-state index contributed by atoms with van der Waals surface area (Å²) in [6.45, 7) is 1.59. The predicted octanol–water partition coefficient (Wildman–Crippen LogP) is -0.0955. The molecule has 1 amide bonds. The number of aromatic hydroxyl groups is 1. The number of aromatic amines is 1. The second-order valence-corrected chi connectivity index (χ2v) is 4.60. The number of hydrogen-bond acceptors (Lipinski definition) is 4. The minimum atomic E-state index is -0.481. The van der Waals surface area contributed by atoms with Crippen molar-refractivity contribution < 1.29 is 9.90 Å². The fraction of sp³-hybridized carbons (Fsp3) is 0.500. The number of nitrogens with zero attached hydrogens (tertiary/aromatic N) is 1. The van der Waals surface area contributed by atoms with Gasteiger partial charge in [0.05, 0.1) is 5.56 Å². The molecule has 1 unspecified atom stereocenters. The Hall–Kier alpha value is -1.82. The second-order valence-electron chi connectivity index (χ2n) is 4.60. The maximum absolute atomic E-state index is 12.1. The van der Waals surface area contributed by atoms with Gasteiger partial charge in [-0.05, 0) is 19.4 Å². The number of carbonyl (C=O) groups is 1. The van der Waals surface area contributed by atoms with Crippen molar-refractivity contribution in [3.63, 3.8) is 0 Å². The van der Waals surface area contributed by atoms with Crippen molar-refractivity contribution in [3.05, 3.63) is 28.0 Å². The standard InChI is InChI=1S/C12H17N3O3/c1-15(7-9-3-2-4-13-9)12(18)8-5-10(16)14-11(17)6-8/h5-6,9,13H,2-4,7H2,1H3,(H2,14,16,17). The first kappa shape index (κ1) is 12.6. The van der Waals surface area contributed by atoms with Gasteiger partial charge in [0.1, 0.15) is 0 Å². The first-order valence-electron chi connectivity index (χ1n) is 5.98. The highest BCUT2D eigenvalue weighted by atomic mass is 16.3. The molecule has 1 aromatic rings. The van der Waals surface area contributed by atoms with Crippen LogP contribution in [0.1, 0.15) is 23.2 Å². The molecule has 1 aromatic heterocycles. The van der Waals surface area contributed by atoms with Crippen LogP contribution in [0, 0.1) is 0 Å². The van der Waals surface area contributed by atoms with Gasteiger partial charge in [0, 0.05) is 31.8 Å². The fourth-order valence-corrected chi connectivity index (χ4v) is 2.20. The molecule has 0 bridgehead atoms. The smallest absolute Gasteiger partial charge is 0.254 e. The van der Waals surface area contributed by atoms with Crippen LogP contribution in [-0.4, -0.2) is 47.1 Å². The summed E-state index contributed by atoms with van der Waals surface area (Å²) in [6, 6.07) is 2.78. The van der Waals surface area contributed by atoms with Crippen LogP contribution in [-0.2, 0) is 0 Å². The van der Waals surface area contributed by atoms with Gasteiger partial charge in [-0.25, -0.2) is 0 Å². The van der Waals surface area contributed by atoms with E-state index >= 15 is 0 Å². The summed E-state index contributed by atoms with van der Waals surface area (Å²) in [6.07, 6.45) is 2.18. The lowest BCUT2D eigenvalue weighted by Crippen LogP contribution is -2.38. The largest absolute Gasteiger partial charge is 0.494 e. The Morgan fingerprint density at radius 1 is 1.56 bits per heavy atom. The third kappa shape index (κ3) is 2.89. The van der Waals surface area contributed by atoms with Gasteiger partial charge in [0.25, 0.3) is 11.5 Å². The van der Waals surface area contributed by atoms with Crippen LogP contribution in [0.3, 0.4) is 0 Å². The van der Waals surface area contributed by atoms with Crippen LogP contribution in [0.5, 0.6) is 5.88 Å². The van der Waals surface area contributed by atoms with Crippen LogP contribution in [0.15, 0.2) is 16.9 Å². The molecule has 1 aliphatic rings. The van der Waals surface area contributed by atoms with E-state index in [1.807, 2.05) is 0 Å². The Morgan fingerprint density at radius 3 is 2.94 bits per heavy atom.